The van der Waals surface area contributed by atoms with Gasteiger partial charge >= 0.3 is 0 Å². The maximum absolute atomic E-state index is 4.59. The van der Waals surface area contributed by atoms with Crippen LogP contribution in [0.5, 0.6) is 0 Å². The van der Waals surface area contributed by atoms with Crippen molar-refractivity contribution < 1.29 is 0 Å². The molecule has 4 rings (SSSR count). The summed E-state index contributed by atoms with van der Waals surface area (Å²) in [7, 11) is 0. The van der Waals surface area contributed by atoms with E-state index in [1.54, 1.807) is 10.8 Å². The molecule has 6 heteroatoms. The Morgan fingerprint density at radius 2 is 1.75 bits per heavy atom. The quantitative estimate of drug-likeness (QED) is 0.528. The lowest BCUT2D eigenvalue weighted by atomic mass is 10.3. The molecule has 20 heavy (non-hydrogen) atoms. The van der Waals surface area contributed by atoms with Gasteiger partial charge in [-0.15, -0.1) is 0 Å². The number of aryl methyl sites for hydroxylation is 2. The zero-order valence-electron chi connectivity index (χ0n) is 11.1. The first kappa shape index (κ1) is 11.1. The van der Waals surface area contributed by atoms with Crippen molar-refractivity contribution in [3.63, 3.8) is 0 Å². The van der Waals surface area contributed by atoms with Crippen molar-refractivity contribution in [2.45, 2.75) is 13.8 Å². The molecule has 0 saturated carbocycles. The van der Waals surface area contributed by atoms with Gasteiger partial charge in [0.25, 0.3) is 0 Å². The number of fused-ring (bicyclic) bond motifs is 3. The zero-order valence-corrected chi connectivity index (χ0v) is 11.1. The van der Waals surface area contributed by atoms with Gasteiger partial charge in [-0.05, 0) is 26.0 Å². The lowest BCUT2D eigenvalue weighted by Gasteiger charge is -2.01. The molecule has 6 nitrogen and oxygen atoms in total. The molecule has 0 spiro atoms. The van der Waals surface area contributed by atoms with E-state index in [4.69, 9.17) is 0 Å². The molecule has 0 fully saturated rings. The average Bonchev–Trinajstić information content (AvgIpc) is 2.99. The molecule has 0 aliphatic rings. The number of benzene rings is 1. The zero-order chi connectivity index (χ0) is 13.7. The smallest absolute Gasteiger partial charge is 0.170 e. The van der Waals surface area contributed by atoms with Gasteiger partial charge in [-0.2, -0.15) is 10.2 Å². The Balaban J connectivity index is 2.13. The van der Waals surface area contributed by atoms with Crippen LogP contribution in [0.15, 0.2) is 36.7 Å². The molecule has 0 radical (unpaired) electrons. The third-order valence-corrected chi connectivity index (χ3v) is 3.29. The molecule has 0 aliphatic heterocycles. The van der Waals surface area contributed by atoms with Crippen LogP contribution >= 0.6 is 0 Å². The molecule has 3 heterocycles. The predicted octanol–water partition coefficient (Wildman–Crippen LogP) is 2.08. The topological polar surface area (TPSA) is 60.9 Å². The Labute approximate surface area is 114 Å². The second kappa shape index (κ2) is 3.86. The number of para-hydroxylation sites is 1. The molecule has 4 aromatic rings. The van der Waals surface area contributed by atoms with E-state index in [-0.39, 0.29) is 0 Å². The minimum Gasteiger partial charge on any atom is -0.216 e. The Bertz CT molecular complexity index is 919. The van der Waals surface area contributed by atoms with E-state index in [2.05, 4.69) is 20.2 Å². The van der Waals surface area contributed by atoms with Gasteiger partial charge in [0.1, 0.15) is 12.2 Å². The molecule has 98 valence electrons. The minimum atomic E-state index is 0.728. The van der Waals surface area contributed by atoms with Crippen molar-refractivity contribution in [1.82, 2.24) is 29.4 Å². The fourth-order valence-electron chi connectivity index (χ4n) is 2.44. The molecule has 0 unspecified atom stereocenters. The second-order valence-electron chi connectivity index (χ2n) is 4.70. The molecule has 0 amide bonds. The van der Waals surface area contributed by atoms with Gasteiger partial charge in [-0.25, -0.2) is 19.2 Å². The van der Waals surface area contributed by atoms with Crippen LogP contribution < -0.4 is 0 Å². The monoisotopic (exact) mass is 264 g/mol. The lowest BCUT2D eigenvalue weighted by molar-refractivity contribution is 0.865. The summed E-state index contributed by atoms with van der Waals surface area (Å²) in [6.07, 6.45) is 1.68. The summed E-state index contributed by atoms with van der Waals surface area (Å²) < 4.78 is 3.54. The summed E-state index contributed by atoms with van der Waals surface area (Å²) in [6.45, 7) is 3.84. The molecule has 0 bridgehead atoms. The molecule has 1 aromatic carbocycles. The van der Waals surface area contributed by atoms with Gasteiger partial charge in [0.2, 0.25) is 0 Å². The van der Waals surface area contributed by atoms with Crippen molar-refractivity contribution in [3.05, 3.63) is 48.2 Å². The van der Waals surface area contributed by atoms with Crippen LogP contribution in [-0.2, 0) is 0 Å². The summed E-state index contributed by atoms with van der Waals surface area (Å²) in [5.41, 5.74) is 3.48. The molecular weight excluding hydrogens is 252 g/mol. The highest BCUT2D eigenvalue weighted by Gasteiger charge is 2.15. The third-order valence-electron chi connectivity index (χ3n) is 3.29. The van der Waals surface area contributed by atoms with Gasteiger partial charge in [0.15, 0.2) is 11.3 Å². The van der Waals surface area contributed by atoms with Crippen molar-refractivity contribution >= 4 is 16.7 Å². The van der Waals surface area contributed by atoms with Crippen molar-refractivity contribution in [2.24, 2.45) is 0 Å². The van der Waals surface area contributed by atoms with Gasteiger partial charge in [-0.1, -0.05) is 18.2 Å². The van der Waals surface area contributed by atoms with Gasteiger partial charge in [0, 0.05) is 0 Å². The summed E-state index contributed by atoms with van der Waals surface area (Å²) in [5.74, 6) is 0.728. The maximum Gasteiger partial charge on any atom is 0.170 e. The first-order valence-corrected chi connectivity index (χ1v) is 6.37. The van der Waals surface area contributed by atoms with Crippen LogP contribution in [0.3, 0.4) is 0 Å². The summed E-state index contributed by atoms with van der Waals surface area (Å²) in [4.78, 5) is 8.95. The Kier molecular flexibility index (Phi) is 2.14. The van der Waals surface area contributed by atoms with Crippen LogP contribution in [0.2, 0.25) is 0 Å². The van der Waals surface area contributed by atoms with Crippen LogP contribution in [0.1, 0.15) is 11.5 Å². The minimum absolute atomic E-state index is 0.728. The van der Waals surface area contributed by atoms with E-state index in [0.717, 1.165) is 33.9 Å². The Morgan fingerprint density at radius 1 is 0.950 bits per heavy atom. The van der Waals surface area contributed by atoms with Crippen molar-refractivity contribution in [3.8, 4) is 5.69 Å². The van der Waals surface area contributed by atoms with Crippen molar-refractivity contribution in [2.75, 3.05) is 0 Å². The lowest BCUT2D eigenvalue weighted by Crippen LogP contribution is -1.98. The standard InChI is InChI=1S/C14H12N6/c1-9-12-13(15-8-19-14(12)16-10(2)18-19)20(17-9)11-6-4-3-5-7-11/h3-8H,1-2H3. The molecular formula is C14H12N6. The molecule has 0 saturated heterocycles. The van der Waals surface area contributed by atoms with Crippen molar-refractivity contribution in [1.29, 1.82) is 0 Å². The normalized spacial score (nSPS) is 11.5. The largest absolute Gasteiger partial charge is 0.216 e. The van der Waals surface area contributed by atoms with Crippen LogP contribution in [-0.4, -0.2) is 29.4 Å². The molecule has 0 aliphatic carbocycles. The van der Waals surface area contributed by atoms with E-state index in [0.29, 0.717) is 0 Å². The summed E-state index contributed by atoms with van der Waals surface area (Å²) in [5, 5.41) is 9.83. The second-order valence-corrected chi connectivity index (χ2v) is 4.70. The molecule has 3 aromatic heterocycles. The van der Waals surface area contributed by atoms with E-state index in [1.165, 1.54) is 0 Å². The van der Waals surface area contributed by atoms with Crippen LogP contribution in [0.4, 0.5) is 0 Å². The Morgan fingerprint density at radius 3 is 2.55 bits per heavy atom. The van der Waals surface area contributed by atoms with Crippen LogP contribution in [0.25, 0.3) is 22.4 Å². The maximum atomic E-state index is 4.59. The van der Waals surface area contributed by atoms with E-state index < -0.39 is 0 Å². The van der Waals surface area contributed by atoms with Gasteiger partial charge < -0.3 is 0 Å². The molecule has 0 atom stereocenters. The molecule has 0 N–H and O–H groups in total. The van der Waals surface area contributed by atoms with E-state index in [9.17, 15) is 0 Å². The average molecular weight is 264 g/mol. The highest BCUT2D eigenvalue weighted by atomic mass is 15.4. The number of hydrogen-bond acceptors (Lipinski definition) is 4. The highest BCUT2D eigenvalue weighted by molar-refractivity contribution is 5.92. The number of rotatable bonds is 1. The number of hydrogen-bond donors (Lipinski definition) is 0. The van der Waals surface area contributed by atoms with E-state index >= 15 is 0 Å². The van der Waals surface area contributed by atoms with E-state index in [1.807, 2.05) is 48.9 Å². The summed E-state index contributed by atoms with van der Waals surface area (Å²) >= 11 is 0. The number of aromatic nitrogens is 6. The first-order chi connectivity index (χ1) is 9.74. The predicted molar refractivity (Wildman–Crippen MR) is 74.9 cm³/mol. The third kappa shape index (κ3) is 1.45. The highest BCUT2D eigenvalue weighted by Crippen LogP contribution is 2.22. The number of nitrogens with zero attached hydrogens (tertiary/aromatic N) is 6. The fraction of sp³-hybridized carbons (Fsp3) is 0.143. The van der Waals surface area contributed by atoms with Gasteiger partial charge in [0.05, 0.1) is 16.8 Å². The summed E-state index contributed by atoms with van der Waals surface area (Å²) in [6, 6.07) is 9.96. The SMILES string of the molecule is Cc1nc2c3c(C)nn(-c4ccccc4)c3ncn2n1. The van der Waals surface area contributed by atoms with Gasteiger partial charge in [-0.3, -0.25) is 0 Å². The fourth-order valence-corrected chi connectivity index (χ4v) is 2.44. The first-order valence-electron chi connectivity index (χ1n) is 6.37. The van der Waals surface area contributed by atoms with Crippen LogP contribution in [0, 0.1) is 13.8 Å². The Hall–Kier alpha value is -2.76.